The smallest absolute Gasteiger partial charge is 0.384 e. The van der Waals surface area contributed by atoms with Crippen LogP contribution in [0.25, 0.3) is 11.1 Å². The third-order valence-electron chi connectivity index (χ3n) is 5.66. The number of amides is 1. The molecule has 0 atom stereocenters. The lowest BCUT2D eigenvalue weighted by Gasteiger charge is -2.18. The van der Waals surface area contributed by atoms with Gasteiger partial charge in [0.15, 0.2) is 0 Å². The predicted molar refractivity (Wildman–Crippen MR) is 136 cm³/mol. The summed E-state index contributed by atoms with van der Waals surface area (Å²) < 4.78 is 73.7. The molecular weight excluding hydrogens is 507 g/mol. The lowest BCUT2D eigenvalue weighted by atomic mass is 9.99. The number of carbonyl (C=O) groups is 1. The molecule has 0 aliphatic carbocycles. The number of nitrogens with one attached hydrogen (secondary N) is 2. The highest BCUT2D eigenvalue weighted by atomic mass is 32.2. The molecule has 0 aromatic heterocycles. The Balaban J connectivity index is 1.79. The fourth-order valence-corrected chi connectivity index (χ4v) is 4.41. The molecule has 0 bridgehead atoms. The van der Waals surface area contributed by atoms with E-state index in [1.807, 2.05) is 13.8 Å². The van der Waals surface area contributed by atoms with E-state index in [2.05, 4.69) is 15.6 Å². The molecule has 0 saturated carbocycles. The quantitative estimate of drug-likeness (QED) is 0.331. The van der Waals surface area contributed by atoms with Crippen LogP contribution < -0.4 is 10.6 Å². The summed E-state index contributed by atoms with van der Waals surface area (Å²) in [5, 5.41) is 5.35. The molecule has 11 heteroatoms. The van der Waals surface area contributed by atoms with Crippen LogP contribution in [0.2, 0.25) is 0 Å². The van der Waals surface area contributed by atoms with E-state index in [1.54, 1.807) is 30.3 Å². The second kappa shape index (κ2) is 9.98. The van der Waals surface area contributed by atoms with Crippen molar-refractivity contribution in [1.29, 1.82) is 0 Å². The molecule has 4 rings (SSSR count). The monoisotopic (exact) mass is 531 g/mol. The number of anilines is 2. The van der Waals surface area contributed by atoms with Crippen LogP contribution in [-0.4, -0.2) is 31.1 Å². The number of fused-ring (bicyclic) bond motifs is 1. The first-order chi connectivity index (χ1) is 17.3. The maximum absolute atomic E-state index is 13.7. The van der Waals surface area contributed by atoms with Crippen LogP contribution in [0.3, 0.4) is 0 Å². The molecule has 0 saturated heterocycles. The van der Waals surface area contributed by atoms with Crippen LogP contribution in [-0.2, 0) is 21.1 Å². The van der Waals surface area contributed by atoms with Gasteiger partial charge in [0.2, 0.25) is 5.91 Å². The number of alkyl halides is 3. The lowest BCUT2D eigenvalue weighted by Crippen LogP contribution is -2.17. The second-order valence-electron chi connectivity index (χ2n) is 9.05. The van der Waals surface area contributed by atoms with E-state index >= 15 is 0 Å². The van der Waals surface area contributed by atoms with Crippen molar-refractivity contribution >= 4 is 38.8 Å². The third-order valence-corrected chi connectivity index (χ3v) is 6.51. The highest BCUT2D eigenvalue weighted by Gasteiger charge is 2.35. The Kier molecular flexibility index (Phi) is 7.11. The maximum atomic E-state index is 13.7. The van der Waals surface area contributed by atoms with Gasteiger partial charge in [-0.05, 0) is 52.9 Å². The SMILES string of the molecule is CC(C)CNc1cc2c(cc1C(F)(F)F)NC(=O)CC(c1cccc(-c3cccc(S(=O)(=O)O)c3)c1)=N2. The summed E-state index contributed by atoms with van der Waals surface area (Å²) >= 11 is 0. The summed E-state index contributed by atoms with van der Waals surface area (Å²) in [6, 6.07) is 14.7. The zero-order chi connectivity index (χ0) is 27.0. The molecule has 3 aromatic carbocycles. The average Bonchev–Trinajstić information content (AvgIpc) is 2.98. The minimum absolute atomic E-state index is 0.0422. The van der Waals surface area contributed by atoms with Gasteiger partial charge >= 0.3 is 6.18 Å². The van der Waals surface area contributed by atoms with Crippen molar-refractivity contribution in [2.24, 2.45) is 10.9 Å². The molecule has 37 heavy (non-hydrogen) atoms. The molecule has 0 fully saturated rings. The van der Waals surface area contributed by atoms with Gasteiger partial charge in [-0.2, -0.15) is 21.6 Å². The van der Waals surface area contributed by atoms with Gasteiger partial charge in [-0.25, -0.2) is 0 Å². The predicted octanol–water partition coefficient (Wildman–Crippen LogP) is 6.15. The topological polar surface area (TPSA) is 108 Å². The Morgan fingerprint density at radius 1 is 1.03 bits per heavy atom. The van der Waals surface area contributed by atoms with Crippen LogP contribution in [0.5, 0.6) is 0 Å². The number of rotatable bonds is 6. The molecule has 1 amide bonds. The molecule has 3 aromatic rings. The molecule has 0 spiro atoms. The molecule has 0 radical (unpaired) electrons. The number of hydrogen-bond donors (Lipinski definition) is 3. The Bertz CT molecular complexity index is 1500. The van der Waals surface area contributed by atoms with E-state index in [0.29, 0.717) is 28.9 Å². The fourth-order valence-electron chi connectivity index (χ4n) is 3.89. The van der Waals surface area contributed by atoms with Crippen LogP contribution in [0.4, 0.5) is 30.2 Å². The third kappa shape index (κ3) is 6.17. The number of halogens is 3. The van der Waals surface area contributed by atoms with Crippen molar-refractivity contribution in [3.8, 4) is 11.1 Å². The summed E-state index contributed by atoms with van der Waals surface area (Å²) in [6.07, 6.45) is -4.82. The van der Waals surface area contributed by atoms with E-state index in [-0.39, 0.29) is 34.3 Å². The molecule has 0 unspecified atom stereocenters. The Hall–Kier alpha value is -3.70. The van der Waals surface area contributed by atoms with E-state index in [4.69, 9.17) is 0 Å². The molecule has 194 valence electrons. The summed E-state index contributed by atoms with van der Waals surface area (Å²) in [7, 11) is -4.40. The molecule has 1 heterocycles. The second-order valence-corrected chi connectivity index (χ2v) is 10.5. The summed E-state index contributed by atoms with van der Waals surface area (Å²) in [4.78, 5) is 16.9. The first-order valence-electron chi connectivity index (χ1n) is 11.4. The molecule has 3 N–H and O–H groups in total. The van der Waals surface area contributed by atoms with Gasteiger partial charge in [0, 0.05) is 12.2 Å². The van der Waals surface area contributed by atoms with Crippen molar-refractivity contribution in [1.82, 2.24) is 0 Å². The van der Waals surface area contributed by atoms with Gasteiger partial charge in [-0.15, -0.1) is 0 Å². The van der Waals surface area contributed by atoms with Crippen LogP contribution in [0, 0.1) is 5.92 Å². The zero-order valence-corrected chi connectivity index (χ0v) is 20.7. The maximum Gasteiger partial charge on any atom is 0.418 e. The number of aliphatic imine (C=N–C) groups is 1. The summed E-state index contributed by atoms with van der Waals surface area (Å²) in [5.41, 5.74) is 1.08. The van der Waals surface area contributed by atoms with Gasteiger partial charge in [-0.1, -0.05) is 44.2 Å². The molecule has 7 nitrogen and oxygen atoms in total. The normalized spacial score (nSPS) is 14.0. The van der Waals surface area contributed by atoms with Crippen molar-refractivity contribution in [3.05, 3.63) is 71.8 Å². The number of nitrogens with zero attached hydrogens (tertiary/aromatic N) is 1. The van der Waals surface area contributed by atoms with Crippen LogP contribution in [0.15, 0.2) is 70.6 Å². The van der Waals surface area contributed by atoms with E-state index < -0.39 is 27.8 Å². The minimum atomic E-state index is -4.64. The number of hydrogen-bond acceptors (Lipinski definition) is 5. The van der Waals surface area contributed by atoms with Gasteiger partial charge in [0.1, 0.15) is 0 Å². The van der Waals surface area contributed by atoms with Crippen LogP contribution >= 0.6 is 0 Å². The van der Waals surface area contributed by atoms with Crippen molar-refractivity contribution in [2.45, 2.75) is 31.3 Å². The summed E-state index contributed by atoms with van der Waals surface area (Å²) in [6.45, 7) is 4.06. The molecule has 1 aliphatic heterocycles. The molecule has 1 aliphatic rings. The highest BCUT2D eigenvalue weighted by molar-refractivity contribution is 7.85. The van der Waals surface area contributed by atoms with Crippen molar-refractivity contribution in [2.75, 3.05) is 17.2 Å². The summed E-state index contributed by atoms with van der Waals surface area (Å²) in [5.74, 6) is -0.423. The fraction of sp³-hybridized carbons (Fsp3) is 0.231. The van der Waals surface area contributed by atoms with Gasteiger partial charge in [0.05, 0.1) is 34.0 Å². The Morgan fingerprint density at radius 2 is 1.68 bits per heavy atom. The van der Waals surface area contributed by atoms with E-state index in [1.165, 1.54) is 24.3 Å². The van der Waals surface area contributed by atoms with Crippen molar-refractivity contribution in [3.63, 3.8) is 0 Å². The van der Waals surface area contributed by atoms with Crippen molar-refractivity contribution < 1.29 is 30.9 Å². The Morgan fingerprint density at radius 3 is 2.32 bits per heavy atom. The first kappa shape index (κ1) is 26.4. The largest absolute Gasteiger partial charge is 0.418 e. The van der Waals surface area contributed by atoms with E-state index in [9.17, 15) is 30.9 Å². The van der Waals surface area contributed by atoms with Gasteiger partial charge < -0.3 is 10.6 Å². The molecular formula is C26H24F3N3O4S. The first-order valence-corrected chi connectivity index (χ1v) is 12.8. The Labute approximate surface area is 212 Å². The lowest BCUT2D eigenvalue weighted by molar-refractivity contribution is -0.137. The van der Waals surface area contributed by atoms with Gasteiger partial charge in [0.25, 0.3) is 10.1 Å². The number of carbonyl (C=O) groups excluding carboxylic acids is 1. The standard InChI is InChI=1S/C26H24F3N3O4S/c1-15(2)14-30-22-12-24-23(11-20(22)26(27,28)29)32-25(33)13-21(31-24)18-7-3-5-16(9-18)17-6-4-8-19(10-17)37(34,35)36/h3-12,15,30H,13-14H2,1-2H3,(H,32,33)(H,34,35,36). The van der Waals surface area contributed by atoms with Gasteiger partial charge in [-0.3, -0.25) is 14.3 Å². The average molecular weight is 532 g/mol. The highest BCUT2D eigenvalue weighted by Crippen LogP contribution is 2.42. The van der Waals surface area contributed by atoms with E-state index in [0.717, 1.165) is 6.07 Å². The zero-order valence-electron chi connectivity index (χ0n) is 19.9. The van der Waals surface area contributed by atoms with Crippen LogP contribution in [0.1, 0.15) is 31.4 Å². The minimum Gasteiger partial charge on any atom is -0.384 e. The number of benzene rings is 3.